The van der Waals surface area contributed by atoms with Crippen LogP contribution in [0.1, 0.15) is 42.9 Å². The Hall–Kier alpha value is -5.20. The molecule has 0 spiro atoms. The summed E-state index contributed by atoms with van der Waals surface area (Å²) in [7, 11) is 3.07. The van der Waals surface area contributed by atoms with Crippen molar-refractivity contribution in [3.63, 3.8) is 0 Å². The molecule has 1 saturated carbocycles. The lowest BCUT2D eigenvalue weighted by atomic mass is 10.0. The third kappa shape index (κ3) is 6.66. The summed E-state index contributed by atoms with van der Waals surface area (Å²) in [6.45, 7) is -0.157. The molecule has 0 saturated heterocycles. The highest BCUT2D eigenvalue weighted by atomic mass is 19.1. The average Bonchev–Trinajstić information content (AvgIpc) is 3.84. The standard InChI is InChI=1S/C32H33FN6O6/c1-42-25-14-10-22(16-27(25)43-2)31-35-37-39(36-31)18-29(40)38(17-20-7-13-26-28(15-20)45-19-44-26)30(21-8-11-23(33)12-9-21)32(41)34-24-5-3-4-6-24/h7-16,24,30H,3-6,17-19H2,1-2H3,(H,34,41)/t30-/m0/s1. The summed E-state index contributed by atoms with van der Waals surface area (Å²) in [6, 6.07) is 15.1. The van der Waals surface area contributed by atoms with E-state index in [1.807, 2.05) is 6.07 Å². The molecule has 1 N–H and O–H groups in total. The van der Waals surface area contributed by atoms with Gasteiger partial charge in [-0.05, 0) is 71.6 Å². The van der Waals surface area contributed by atoms with Crippen molar-refractivity contribution in [3.05, 3.63) is 77.6 Å². The molecule has 45 heavy (non-hydrogen) atoms. The normalized spacial score (nSPS) is 14.6. The van der Waals surface area contributed by atoms with Crippen LogP contribution in [0.2, 0.25) is 0 Å². The molecule has 234 valence electrons. The van der Waals surface area contributed by atoms with Crippen LogP contribution in [-0.4, -0.2) is 64.0 Å². The quantitative estimate of drug-likeness (QED) is 0.265. The molecule has 2 amide bonds. The zero-order chi connectivity index (χ0) is 31.3. The molecular formula is C32H33FN6O6. The Bertz CT molecular complexity index is 1670. The van der Waals surface area contributed by atoms with Crippen molar-refractivity contribution in [2.45, 2.75) is 50.9 Å². The molecule has 2 heterocycles. The van der Waals surface area contributed by atoms with Crippen LogP contribution in [-0.2, 0) is 22.7 Å². The van der Waals surface area contributed by atoms with Crippen LogP contribution >= 0.6 is 0 Å². The average molecular weight is 617 g/mol. The van der Waals surface area contributed by atoms with E-state index in [2.05, 4.69) is 20.7 Å². The minimum Gasteiger partial charge on any atom is -0.493 e. The first-order valence-corrected chi connectivity index (χ1v) is 14.7. The largest absolute Gasteiger partial charge is 0.493 e. The van der Waals surface area contributed by atoms with Gasteiger partial charge in [-0.2, -0.15) is 4.80 Å². The van der Waals surface area contributed by atoms with Crippen LogP contribution in [0.25, 0.3) is 11.4 Å². The number of benzene rings is 3. The number of hydrogen-bond acceptors (Lipinski definition) is 9. The summed E-state index contributed by atoms with van der Waals surface area (Å²) in [5.74, 6) is 1.22. The number of amides is 2. The number of tetrazole rings is 1. The van der Waals surface area contributed by atoms with E-state index in [-0.39, 0.29) is 37.7 Å². The summed E-state index contributed by atoms with van der Waals surface area (Å²) in [5, 5.41) is 15.8. The molecule has 0 unspecified atom stereocenters. The number of halogens is 1. The Kier molecular flexibility index (Phi) is 8.76. The lowest BCUT2D eigenvalue weighted by Crippen LogP contribution is -2.46. The maximum atomic E-state index is 14.2. The number of nitrogens with one attached hydrogen (secondary N) is 1. The maximum absolute atomic E-state index is 14.2. The van der Waals surface area contributed by atoms with Crippen molar-refractivity contribution < 1.29 is 32.9 Å². The summed E-state index contributed by atoms with van der Waals surface area (Å²) < 4.78 is 35.7. The Morgan fingerprint density at radius 3 is 2.51 bits per heavy atom. The highest BCUT2D eigenvalue weighted by Crippen LogP contribution is 2.34. The molecule has 6 rings (SSSR count). The van der Waals surface area contributed by atoms with E-state index in [0.29, 0.717) is 39.7 Å². The topological polar surface area (TPSA) is 130 Å². The number of nitrogens with zero attached hydrogens (tertiary/aromatic N) is 5. The zero-order valence-corrected chi connectivity index (χ0v) is 24.9. The van der Waals surface area contributed by atoms with Crippen molar-refractivity contribution in [1.29, 1.82) is 0 Å². The maximum Gasteiger partial charge on any atom is 0.247 e. The van der Waals surface area contributed by atoms with Crippen LogP contribution in [0.4, 0.5) is 4.39 Å². The van der Waals surface area contributed by atoms with Gasteiger partial charge < -0.3 is 29.2 Å². The predicted molar refractivity (Wildman–Crippen MR) is 159 cm³/mol. The van der Waals surface area contributed by atoms with Crippen LogP contribution < -0.4 is 24.3 Å². The molecule has 0 radical (unpaired) electrons. The number of fused-ring (bicyclic) bond motifs is 1. The summed E-state index contributed by atoms with van der Waals surface area (Å²) in [4.78, 5) is 30.7. The molecule has 2 aliphatic rings. The number of aromatic nitrogens is 4. The summed E-state index contributed by atoms with van der Waals surface area (Å²) in [6.07, 6.45) is 3.76. The lowest BCUT2D eigenvalue weighted by molar-refractivity contribution is -0.142. The van der Waals surface area contributed by atoms with E-state index in [1.165, 1.54) is 41.1 Å². The monoisotopic (exact) mass is 616 g/mol. The molecule has 0 bridgehead atoms. The van der Waals surface area contributed by atoms with Crippen LogP contribution in [0.3, 0.4) is 0 Å². The van der Waals surface area contributed by atoms with Crippen LogP contribution in [0.5, 0.6) is 23.0 Å². The van der Waals surface area contributed by atoms with E-state index < -0.39 is 17.8 Å². The molecular weight excluding hydrogens is 583 g/mol. The second-order valence-electron chi connectivity index (χ2n) is 10.9. The first kappa shape index (κ1) is 29.9. The number of rotatable bonds is 11. The van der Waals surface area contributed by atoms with Gasteiger partial charge in [0.1, 0.15) is 18.4 Å². The first-order valence-electron chi connectivity index (χ1n) is 14.7. The molecule has 1 atom stereocenters. The van der Waals surface area contributed by atoms with Gasteiger partial charge in [-0.3, -0.25) is 9.59 Å². The fraction of sp³-hybridized carbons (Fsp3) is 0.344. The molecule has 1 aliphatic heterocycles. The van der Waals surface area contributed by atoms with Crippen molar-refractivity contribution in [2.75, 3.05) is 21.0 Å². The predicted octanol–water partition coefficient (Wildman–Crippen LogP) is 4.05. The summed E-state index contributed by atoms with van der Waals surface area (Å²) >= 11 is 0. The lowest BCUT2D eigenvalue weighted by Gasteiger charge is -2.32. The molecule has 3 aromatic carbocycles. The number of methoxy groups -OCH3 is 2. The first-order chi connectivity index (χ1) is 21.9. The van der Waals surface area contributed by atoms with Crippen molar-refractivity contribution in [2.24, 2.45) is 0 Å². The van der Waals surface area contributed by atoms with Gasteiger partial charge in [0.2, 0.25) is 24.4 Å². The van der Waals surface area contributed by atoms with Crippen molar-refractivity contribution >= 4 is 11.8 Å². The van der Waals surface area contributed by atoms with Gasteiger partial charge in [-0.25, -0.2) is 4.39 Å². The van der Waals surface area contributed by atoms with Gasteiger partial charge in [0, 0.05) is 18.2 Å². The Labute approximate surface area is 259 Å². The van der Waals surface area contributed by atoms with Crippen molar-refractivity contribution in [1.82, 2.24) is 30.4 Å². The SMILES string of the molecule is COc1ccc(-c2nnn(CC(=O)N(Cc3ccc4c(c3)OCO4)[C@H](C(=O)NC3CCCC3)c3ccc(F)cc3)n2)cc1OC. The molecule has 1 fully saturated rings. The van der Waals surface area contributed by atoms with Gasteiger partial charge in [0.15, 0.2) is 23.0 Å². The molecule has 1 aromatic heterocycles. The van der Waals surface area contributed by atoms with E-state index in [9.17, 15) is 14.0 Å². The van der Waals surface area contributed by atoms with Gasteiger partial charge in [0.25, 0.3) is 0 Å². The summed E-state index contributed by atoms with van der Waals surface area (Å²) in [5.41, 5.74) is 1.80. The van der Waals surface area contributed by atoms with Crippen molar-refractivity contribution in [3.8, 4) is 34.4 Å². The molecule has 4 aromatic rings. The number of carbonyl (C=O) groups excluding carboxylic acids is 2. The van der Waals surface area contributed by atoms with Gasteiger partial charge >= 0.3 is 0 Å². The zero-order valence-electron chi connectivity index (χ0n) is 24.9. The third-order valence-corrected chi connectivity index (χ3v) is 7.93. The van der Waals surface area contributed by atoms with Crippen LogP contribution in [0, 0.1) is 5.82 Å². The Morgan fingerprint density at radius 2 is 1.76 bits per heavy atom. The van der Waals surface area contributed by atoms with Gasteiger partial charge in [0.05, 0.1) is 14.2 Å². The minimum absolute atomic E-state index is 0.00368. The fourth-order valence-electron chi connectivity index (χ4n) is 5.64. The van der Waals surface area contributed by atoms with E-state index in [0.717, 1.165) is 25.7 Å². The van der Waals surface area contributed by atoms with E-state index >= 15 is 0 Å². The highest BCUT2D eigenvalue weighted by molar-refractivity contribution is 5.89. The highest BCUT2D eigenvalue weighted by Gasteiger charge is 2.34. The Morgan fingerprint density at radius 1 is 1.00 bits per heavy atom. The smallest absolute Gasteiger partial charge is 0.247 e. The number of ether oxygens (including phenoxy) is 4. The fourth-order valence-corrected chi connectivity index (χ4v) is 5.64. The minimum atomic E-state index is -1.06. The molecule has 1 aliphatic carbocycles. The third-order valence-electron chi connectivity index (χ3n) is 7.93. The second kappa shape index (κ2) is 13.2. The Balaban J connectivity index is 1.32. The van der Waals surface area contributed by atoms with Gasteiger partial charge in [-0.1, -0.05) is 31.0 Å². The van der Waals surface area contributed by atoms with Gasteiger partial charge in [-0.15, -0.1) is 10.2 Å². The number of carbonyl (C=O) groups is 2. The number of hydrogen-bond donors (Lipinski definition) is 1. The second-order valence-corrected chi connectivity index (χ2v) is 10.9. The molecule has 12 nitrogen and oxygen atoms in total. The van der Waals surface area contributed by atoms with Crippen LogP contribution in [0.15, 0.2) is 60.7 Å². The molecule has 13 heteroatoms. The van der Waals surface area contributed by atoms with E-state index in [1.54, 1.807) is 37.4 Å². The van der Waals surface area contributed by atoms with E-state index in [4.69, 9.17) is 18.9 Å².